The Morgan fingerprint density at radius 3 is 2.83 bits per heavy atom. The van der Waals surface area contributed by atoms with E-state index in [9.17, 15) is 4.79 Å². The third kappa shape index (κ3) is 4.94. The minimum atomic E-state index is -0.136. The number of ether oxygens (including phenoxy) is 2. The number of thioether (sulfide) groups is 1. The van der Waals surface area contributed by atoms with Crippen LogP contribution in [0.25, 0.3) is 10.9 Å². The van der Waals surface area contributed by atoms with Crippen LogP contribution >= 0.6 is 11.8 Å². The van der Waals surface area contributed by atoms with Crippen LogP contribution in [0.2, 0.25) is 0 Å². The van der Waals surface area contributed by atoms with E-state index in [1.54, 1.807) is 11.8 Å². The smallest absolute Gasteiger partial charge is 0.305 e. The number of nitrogens with one attached hydrogen (secondary N) is 2. The van der Waals surface area contributed by atoms with Crippen molar-refractivity contribution in [3.05, 3.63) is 23.9 Å². The van der Waals surface area contributed by atoms with Crippen LogP contribution in [0, 0.1) is 0 Å². The Hall–Kier alpha value is -2.15. The SMILES string of the molecule is CCOC(=O)CC[C@@H]1CSC(c2cc3cc(OCC)cc(NC4CCCC4)c3[nH]2)=N1. The van der Waals surface area contributed by atoms with Gasteiger partial charge in [0.25, 0.3) is 0 Å². The van der Waals surface area contributed by atoms with E-state index >= 15 is 0 Å². The molecule has 2 aliphatic rings. The summed E-state index contributed by atoms with van der Waals surface area (Å²) in [6, 6.07) is 7.06. The molecule has 0 spiro atoms. The zero-order chi connectivity index (χ0) is 20.9. The van der Waals surface area contributed by atoms with Gasteiger partial charge in [0.05, 0.1) is 36.2 Å². The van der Waals surface area contributed by atoms with E-state index in [0.717, 1.165) is 45.3 Å². The molecule has 4 rings (SSSR count). The lowest BCUT2D eigenvalue weighted by Gasteiger charge is -2.15. The van der Waals surface area contributed by atoms with Crippen molar-refractivity contribution in [1.29, 1.82) is 0 Å². The number of fused-ring (bicyclic) bond motifs is 1. The maximum Gasteiger partial charge on any atom is 0.305 e. The highest BCUT2D eigenvalue weighted by Crippen LogP contribution is 2.34. The Bertz CT molecular complexity index is 918. The predicted octanol–water partition coefficient (Wildman–Crippen LogP) is 5.13. The minimum absolute atomic E-state index is 0.136. The third-order valence-electron chi connectivity index (χ3n) is 5.66. The van der Waals surface area contributed by atoms with Crippen molar-refractivity contribution in [3.63, 3.8) is 0 Å². The van der Waals surface area contributed by atoms with E-state index in [0.29, 0.717) is 25.7 Å². The summed E-state index contributed by atoms with van der Waals surface area (Å²) in [5, 5.41) is 5.88. The summed E-state index contributed by atoms with van der Waals surface area (Å²) in [4.78, 5) is 20.1. The van der Waals surface area contributed by atoms with Crippen molar-refractivity contribution in [2.75, 3.05) is 24.3 Å². The van der Waals surface area contributed by atoms with Gasteiger partial charge in [-0.05, 0) is 45.2 Å². The largest absolute Gasteiger partial charge is 0.494 e. The fraction of sp³-hybridized carbons (Fsp3) is 0.565. The second-order valence-corrected chi connectivity index (χ2v) is 8.93. The average Bonchev–Trinajstić information content (AvgIpc) is 3.47. The molecule has 162 valence electrons. The Morgan fingerprint density at radius 1 is 1.23 bits per heavy atom. The third-order valence-corrected chi connectivity index (χ3v) is 6.81. The molecule has 1 aromatic heterocycles. The quantitative estimate of drug-likeness (QED) is 0.541. The molecule has 0 saturated heterocycles. The van der Waals surface area contributed by atoms with Crippen molar-refractivity contribution in [2.24, 2.45) is 4.99 Å². The second kappa shape index (κ2) is 9.77. The molecule has 0 amide bonds. The van der Waals surface area contributed by atoms with Crippen molar-refractivity contribution in [2.45, 2.75) is 64.5 Å². The highest BCUT2D eigenvalue weighted by atomic mass is 32.2. The summed E-state index contributed by atoms with van der Waals surface area (Å²) in [6.45, 7) is 4.93. The number of anilines is 1. The molecule has 1 aliphatic carbocycles. The molecule has 0 bridgehead atoms. The summed E-state index contributed by atoms with van der Waals surface area (Å²) in [5.74, 6) is 1.66. The number of esters is 1. The Kier molecular flexibility index (Phi) is 6.87. The van der Waals surface area contributed by atoms with Gasteiger partial charge in [-0.25, -0.2) is 0 Å². The van der Waals surface area contributed by atoms with Crippen LogP contribution < -0.4 is 10.1 Å². The van der Waals surface area contributed by atoms with Crippen LogP contribution in [0.4, 0.5) is 5.69 Å². The number of benzene rings is 1. The first-order valence-electron chi connectivity index (χ1n) is 11.1. The van der Waals surface area contributed by atoms with E-state index in [4.69, 9.17) is 14.5 Å². The van der Waals surface area contributed by atoms with E-state index in [1.165, 1.54) is 25.7 Å². The van der Waals surface area contributed by atoms with Crippen LogP contribution in [0.1, 0.15) is 58.1 Å². The zero-order valence-corrected chi connectivity index (χ0v) is 18.6. The number of carbonyl (C=O) groups excluding carboxylic acids is 1. The fourth-order valence-corrected chi connectivity index (χ4v) is 5.29. The molecule has 1 atom stereocenters. The van der Waals surface area contributed by atoms with Gasteiger partial charge in [-0.2, -0.15) is 0 Å². The summed E-state index contributed by atoms with van der Waals surface area (Å²) in [7, 11) is 0. The number of aromatic nitrogens is 1. The Labute approximate surface area is 182 Å². The van der Waals surface area contributed by atoms with Crippen LogP contribution in [0.5, 0.6) is 5.75 Å². The van der Waals surface area contributed by atoms with Crippen molar-refractivity contribution in [1.82, 2.24) is 4.98 Å². The maximum atomic E-state index is 11.6. The van der Waals surface area contributed by atoms with E-state index in [2.05, 4.69) is 28.5 Å². The average molecular weight is 430 g/mol. The fourth-order valence-electron chi connectivity index (χ4n) is 4.21. The van der Waals surface area contributed by atoms with Crippen LogP contribution in [0.3, 0.4) is 0 Å². The number of aliphatic imine (C=N–C) groups is 1. The molecule has 7 heteroatoms. The molecule has 1 fully saturated rings. The number of hydrogen-bond acceptors (Lipinski definition) is 6. The van der Waals surface area contributed by atoms with Crippen LogP contribution in [-0.4, -0.2) is 47.0 Å². The van der Waals surface area contributed by atoms with Gasteiger partial charge in [-0.3, -0.25) is 9.79 Å². The van der Waals surface area contributed by atoms with Crippen molar-refractivity contribution >= 4 is 39.4 Å². The lowest BCUT2D eigenvalue weighted by molar-refractivity contribution is -0.143. The minimum Gasteiger partial charge on any atom is -0.494 e. The number of nitrogens with zero attached hydrogens (tertiary/aromatic N) is 1. The standard InChI is InChI=1S/C23H31N3O3S/c1-3-28-18-11-15-12-20(23-25-17(14-30-23)9-10-21(27)29-4-2)26-22(15)19(13-18)24-16-7-5-6-8-16/h11-13,16-17,24,26H,3-10,14H2,1-2H3/t17-/m1/s1. The van der Waals surface area contributed by atoms with Crippen molar-refractivity contribution in [3.8, 4) is 5.75 Å². The molecule has 1 aliphatic heterocycles. The van der Waals surface area contributed by atoms with E-state index in [-0.39, 0.29) is 12.0 Å². The topological polar surface area (TPSA) is 75.7 Å². The second-order valence-electron chi connectivity index (χ2n) is 7.92. The lowest BCUT2D eigenvalue weighted by atomic mass is 10.1. The number of aromatic amines is 1. The van der Waals surface area contributed by atoms with Gasteiger partial charge in [-0.1, -0.05) is 12.8 Å². The lowest BCUT2D eigenvalue weighted by Crippen LogP contribution is -2.14. The zero-order valence-electron chi connectivity index (χ0n) is 17.8. The first-order valence-corrected chi connectivity index (χ1v) is 12.1. The number of hydrogen-bond donors (Lipinski definition) is 2. The highest BCUT2D eigenvalue weighted by Gasteiger charge is 2.23. The van der Waals surface area contributed by atoms with Gasteiger partial charge in [0.2, 0.25) is 0 Å². The summed E-state index contributed by atoms with van der Waals surface area (Å²) in [5.41, 5.74) is 3.26. The number of H-pyrrole nitrogens is 1. The molecular weight excluding hydrogens is 398 g/mol. The molecule has 0 radical (unpaired) electrons. The normalized spacial score (nSPS) is 19.3. The molecule has 2 aromatic rings. The summed E-state index contributed by atoms with van der Waals surface area (Å²) < 4.78 is 10.8. The molecule has 0 unspecified atom stereocenters. The Balaban J connectivity index is 1.54. The van der Waals surface area contributed by atoms with E-state index in [1.807, 2.05) is 13.8 Å². The van der Waals surface area contributed by atoms with Crippen molar-refractivity contribution < 1.29 is 14.3 Å². The van der Waals surface area contributed by atoms with Gasteiger partial charge in [0, 0.05) is 29.7 Å². The number of rotatable bonds is 9. The monoisotopic (exact) mass is 429 g/mol. The van der Waals surface area contributed by atoms with Gasteiger partial charge < -0.3 is 19.8 Å². The van der Waals surface area contributed by atoms with Crippen LogP contribution in [-0.2, 0) is 9.53 Å². The maximum absolute atomic E-state index is 11.6. The molecule has 6 nitrogen and oxygen atoms in total. The van der Waals surface area contributed by atoms with Gasteiger partial charge >= 0.3 is 5.97 Å². The molecule has 1 saturated carbocycles. The highest BCUT2D eigenvalue weighted by molar-refractivity contribution is 8.14. The molecule has 2 heterocycles. The summed E-state index contributed by atoms with van der Waals surface area (Å²) in [6.07, 6.45) is 6.19. The molecule has 30 heavy (non-hydrogen) atoms. The molecule has 2 N–H and O–H groups in total. The van der Waals surface area contributed by atoms with Gasteiger partial charge in [-0.15, -0.1) is 11.8 Å². The first-order chi connectivity index (χ1) is 14.7. The Morgan fingerprint density at radius 2 is 2.07 bits per heavy atom. The molecular formula is C23H31N3O3S. The first kappa shape index (κ1) is 21.1. The van der Waals surface area contributed by atoms with Gasteiger partial charge in [0.15, 0.2) is 0 Å². The van der Waals surface area contributed by atoms with Crippen LogP contribution in [0.15, 0.2) is 23.2 Å². The summed E-state index contributed by atoms with van der Waals surface area (Å²) >= 11 is 1.75. The van der Waals surface area contributed by atoms with Gasteiger partial charge in [0.1, 0.15) is 10.8 Å². The molecule has 1 aromatic carbocycles. The number of carbonyl (C=O) groups is 1. The van der Waals surface area contributed by atoms with E-state index < -0.39 is 0 Å². The predicted molar refractivity (Wildman–Crippen MR) is 124 cm³/mol.